The molecule has 2 heterocycles. The van der Waals surface area contributed by atoms with Crippen molar-refractivity contribution in [3.05, 3.63) is 17.5 Å². The Bertz CT molecular complexity index is 769. The van der Waals surface area contributed by atoms with Crippen molar-refractivity contribution in [1.29, 1.82) is 0 Å². The maximum atomic E-state index is 13.2. The van der Waals surface area contributed by atoms with E-state index < -0.39 is 11.7 Å². The smallest absolute Gasteiger partial charge is 0.421 e. The van der Waals surface area contributed by atoms with Gasteiger partial charge in [-0.1, -0.05) is 0 Å². The van der Waals surface area contributed by atoms with Crippen molar-refractivity contribution in [2.24, 2.45) is 7.05 Å². The molecule has 0 amide bonds. The van der Waals surface area contributed by atoms with Crippen LogP contribution >= 0.6 is 0 Å². The van der Waals surface area contributed by atoms with Gasteiger partial charge in [0.1, 0.15) is 17.1 Å². The molecule has 1 saturated carbocycles. The number of alkyl halides is 3. The van der Waals surface area contributed by atoms with E-state index in [9.17, 15) is 13.2 Å². The zero-order valence-corrected chi connectivity index (χ0v) is 14.1. The van der Waals surface area contributed by atoms with Gasteiger partial charge in [-0.3, -0.25) is 0 Å². The highest BCUT2D eigenvalue weighted by Crippen LogP contribution is 2.36. The lowest BCUT2D eigenvalue weighted by Crippen LogP contribution is -2.29. The summed E-state index contributed by atoms with van der Waals surface area (Å²) in [5, 5.41) is 9.96. The van der Waals surface area contributed by atoms with Gasteiger partial charge >= 0.3 is 6.18 Å². The van der Waals surface area contributed by atoms with E-state index >= 15 is 0 Å². The highest BCUT2D eigenvalue weighted by molar-refractivity contribution is 5.61. The molecule has 1 fully saturated rings. The fraction of sp³-hybridized carbons (Fsp3) is 0.533. The number of nitrogens with zero attached hydrogens (tertiary/aromatic N) is 4. The lowest BCUT2D eigenvalue weighted by molar-refractivity contribution is -0.137. The summed E-state index contributed by atoms with van der Waals surface area (Å²) in [6, 6.07) is 0.0114. The molecule has 0 atom stereocenters. The normalized spacial score (nSPS) is 15.0. The first-order chi connectivity index (χ1) is 11.8. The predicted molar refractivity (Wildman–Crippen MR) is 86.1 cm³/mol. The van der Waals surface area contributed by atoms with Gasteiger partial charge < -0.3 is 15.4 Å². The zero-order valence-electron chi connectivity index (χ0n) is 14.1. The Hall–Kier alpha value is -2.52. The first-order valence-corrected chi connectivity index (χ1v) is 7.85. The first-order valence-electron chi connectivity index (χ1n) is 7.85. The number of hydrogen-bond donors (Lipinski definition) is 2. The maximum Gasteiger partial charge on any atom is 0.421 e. The second-order valence-corrected chi connectivity index (χ2v) is 5.94. The molecule has 1 aliphatic carbocycles. The summed E-state index contributed by atoms with van der Waals surface area (Å²) in [7, 11) is 3.18. The van der Waals surface area contributed by atoms with Gasteiger partial charge in [-0.25, -0.2) is 9.67 Å². The molecule has 10 heteroatoms. The Morgan fingerprint density at radius 2 is 2.04 bits per heavy atom. The van der Waals surface area contributed by atoms with E-state index in [0.29, 0.717) is 17.3 Å². The highest BCUT2D eigenvalue weighted by atomic mass is 19.4. The van der Waals surface area contributed by atoms with Crippen LogP contribution in [0.25, 0.3) is 0 Å². The van der Waals surface area contributed by atoms with Crippen molar-refractivity contribution in [3.63, 3.8) is 0 Å². The summed E-state index contributed by atoms with van der Waals surface area (Å²) in [6.45, 7) is 1.77. The number of aryl methyl sites for hydroxylation is 2. The van der Waals surface area contributed by atoms with Gasteiger partial charge in [-0.05, 0) is 26.2 Å². The van der Waals surface area contributed by atoms with Gasteiger partial charge in [-0.15, -0.1) is 0 Å². The SMILES string of the molecule is COc1c(C)nn(C)c1Nc1ncc(C(F)(F)F)c(NC2CCC2)n1. The second-order valence-electron chi connectivity index (χ2n) is 5.94. The average Bonchev–Trinajstić information content (AvgIpc) is 2.75. The summed E-state index contributed by atoms with van der Waals surface area (Å²) in [6.07, 6.45) is -1.07. The monoisotopic (exact) mass is 356 g/mol. The summed E-state index contributed by atoms with van der Waals surface area (Å²) in [5.41, 5.74) is -0.231. The standard InChI is InChI=1S/C15H19F3N6O/c1-8-11(25-3)13(24(2)23-8)22-14-19-7-10(15(16,17)18)12(21-14)20-9-5-4-6-9/h7,9H,4-6H2,1-3H3,(H2,19,20,21,22). The van der Waals surface area contributed by atoms with Crippen LogP contribution < -0.4 is 15.4 Å². The van der Waals surface area contributed by atoms with Gasteiger partial charge in [-0.2, -0.15) is 23.3 Å². The van der Waals surface area contributed by atoms with Crippen molar-refractivity contribution >= 4 is 17.6 Å². The van der Waals surface area contributed by atoms with Crippen molar-refractivity contribution in [2.45, 2.75) is 38.4 Å². The van der Waals surface area contributed by atoms with Crippen molar-refractivity contribution in [3.8, 4) is 5.75 Å². The van der Waals surface area contributed by atoms with Gasteiger partial charge in [0.15, 0.2) is 11.6 Å². The minimum atomic E-state index is -4.52. The van der Waals surface area contributed by atoms with Crippen LogP contribution in [0, 0.1) is 6.92 Å². The average molecular weight is 356 g/mol. The van der Waals surface area contributed by atoms with E-state index in [1.54, 1.807) is 14.0 Å². The fourth-order valence-corrected chi connectivity index (χ4v) is 2.63. The Labute approximate surface area is 142 Å². The third-order valence-corrected chi connectivity index (χ3v) is 4.14. The molecule has 0 bridgehead atoms. The lowest BCUT2D eigenvalue weighted by Gasteiger charge is -2.28. The van der Waals surface area contributed by atoms with E-state index in [4.69, 9.17) is 4.74 Å². The van der Waals surface area contributed by atoms with E-state index in [1.165, 1.54) is 11.8 Å². The number of methoxy groups -OCH3 is 1. The van der Waals surface area contributed by atoms with Crippen molar-refractivity contribution in [2.75, 3.05) is 17.7 Å². The molecule has 3 rings (SSSR count). The molecule has 2 N–H and O–H groups in total. The molecule has 0 radical (unpaired) electrons. The lowest BCUT2D eigenvalue weighted by atomic mass is 9.93. The third kappa shape index (κ3) is 3.47. The van der Waals surface area contributed by atoms with Gasteiger partial charge in [0.2, 0.25) is 5.95 Å². The van der Waals surface area contributed by atoms with Crippen LogP contribution in [0.3, 0.4) is 0 Å². The molecule has 0 spiro atoms. The molecule has 2 aromatic heterocycles. The number of nitrogens with one attached hydrogen (secondary N) is 2. The van der Waals surface area contributed by atoms with Crippen molar-refractivity contribution < 1.29 is 17.9 Å². The highest BCUT2D eigenvalue weighted by Gasteiger charge is 2.36. The van der Waals surface area contributed by atoms with Crippen LogP contribution in [0.1, 0.15) is 30.5 Å². The molecule has 2 aromatic rings. The Kier molecular flexibility index (Phi) is 4.44. The topological polar surface area (TPSA) is 76.9 Å². The number of halogens is 3. The number of ether oxygens (including phenoxy) is 1. The van der Waals surface area contributed by atoms with Crippen LogP contribution in [0.5, 0.6) is 5.75 Å². The van der Waals surface area contributed by atoms with Crippen molar-refractivity contribution in [1.82, 2.24) is 19.7 Å². The number of aromatic nitrogens is 4. The number of anilines is 3. The van der Waals surface area contributed by atoms with E-state index in [-0.39, 0.29) is 17.8 Å². The van der Waals surface area contributed by atoms with Crippen LogP contribution in [0.15, 0.2) is 6.20 Å². The molecule has 0 aromatic carbocycles. The number of hydrogen-bond acceptors (Lipinski definition) is 6. The summed E-state index contributed by atoms with van der Waals surface area (Å²) < 4.78 is 46.4. The molecular formula is C15H19F3N6O. The Balaban J connectivity index is 1.93. The quantitative estimate of drug-likeness (QED) is 0.856. The van der Waals surface area contributed by atoms with Crippen LogP contribution in [0.2, 0.25) is 0 Å². The van der Waals surface area contributed by atoms with E-state index in [1.807, 2.05) is 0 Å². The molecule has 7 nitrogen and oxygen atoms in total. The predicted octanol–water partition coefficient (Wildman–Crippen LogP) is 3.25. The van der Waals surface area contributed by atoms with E-state index in [0.717, 1.165) is 25.5 Å². The van der Waals surface area contributed by atoms with Gasteiger partial charge in [0.05, 0.1) is 7.11 Å². The largest absolute Gasteiger partial charge is 0.491 e. The minimum absolute atomic E-state index is 0.0114. The Morgan fingerprint density at radius 3 is 2.60 bits per heavy atom. The van der Waals surface area contributed by atoms with Crippen LogP contribution in [-0.2, 0) is 13.2 Å². The fourth-order valence-electron chi connectivity index (χ4n) is 2.63. The summed E-state index contributed by atoms with van der Waals surface area (Å²) in [4.78, 5) is 7.83. The summed E-state index contributed by atoms with van der Waals surface area (Å²) >= 11 is 0. The second kappa shape index (κ2) is 6.41. The number of rotatable bonds is 5. The first kappa shape index (κ1) is 17.3. The third-order valence-electron chi connectivity index (χ3n) is 4.14. The van der Waals surface area contributed by atoms with Gasteiger partial charge in [0, 0.05) is 19.3 Å². The van der Waals surface area contributed by atoms with Crippen LogP contribution in [-0.4, -0.2) is 32.9 Å². The molecule has 136 valence electrons. The van der Waals surface area contributed by atoms with E-state index in [2.05, 4.69) is 25.7 Å². The molecular weight excluding hydrogens is 337 g/mol. The molecule has 0 unspecified atom stereocenters. The maximum absolute atomic E-state index is 13.2. The zero-order chi connectivity index (χ0) is 18.2. The molecule has 1 aliphatic rings. The summed E-state index contributed by atoms with van der Waals surface area (Å²) in [5.74, 6) is 0.775. The Morgan fingerprint density at radius 1 is 1.32 bits per heavy atom. The molecule has 0 aliphatic heterocycles. The molecule has 0 saturated heterocycles. The molecule has 25 heavy (non-hydrogen) atoms. The van der Waals surface area contributed by atoms with Gasteiger partial charge in [0.25, 0.3) is 0 Å². The minimum Gasteiger partial charge on any atom is -0.491 e. The van der Waals surface area contributed by atoms with Crippen LogP contribution in [0.4, 0.5) is 30.8 Å².